The highest BCUT2D eigenvalue weighted by Gasteiger charge is 2.01. The van der Waals surface area contributed by atoms with Crippen molar-refractivity contribution in [2.75, 3.05) is 12.3 Å². The fourth-order valence-corrected chi connectivity index (χ4v) is 1.76. The van der Waals surface area contributed by atoms with Crippen LogP contribution in [0.4, 0.5) is 10.6 Å². The van der Waals surface area contributed by atoms with Gasteiger partial charge in [-0.05, 0) is 5.56 Å². The van der Waals surface area contributed by atoms with Gasteiger partial charge in [-0.1, -0.05) is 42.2 Å². The first kappa shape index (κ1) is 15.4. The summed E-state index contributed by atoms with van der Waals surface area (Å²) in [7, 11) is 1.78. The quantitative estimate of drug-likeness (QED) is 0.664. The number of hydrogen-bond donors (Lipinski definition) is 2. The van der Waals surface area contributed by atoms with Gasteiger partial charge in [0.2, 0.25) is 0 Å². The van der Waals surface area contributed by atoms with E-state index in [9.17, 15) is 4.79 Å². The monoisotopic (exact) mass is 298 g/mol. The highest BCUT2D eigenvalue weighted by molar-refractivity contribution is 5.67. The second-order valence-corrected chi connectivity index (χ2v) is 4.64. The van der Waals surface area contributed by atoms with Crippen molar-refractivity contribution in [2.45, 2.75) is 13.0 Å². The third-order valence-corrected chi connectivity index (χ3v) is 2.81. The molecule has 0 aliphatic carbocycles. The molecule has 1 aromatic carbocycles. The first-order valence-corrected chi connectivity index (χ1v) is 6.87. The molecule has 0 spiro atoms. The van der Waals surface area contributed by atoms with Crippen LogP contribution in [0.15, 0.2) is 36.5 Å². The first-order valence-electron chi connectivity index (χ1n) is 6.87. The SMILES string of the molecule is Cn1cc(C#CCCNC(=O)OCc2ccccc2)c(N)n1. The minimum atomic E-state index is -0.452. The van der Waals surface area contributed by atoms with Gasteiger partial charge in [-0.3, -0.25) is 4.68 Å². The van der Waals surface area contributed by atoms with Crippen molar-refractivity contribution >= 4 is 11.9 Å². The van der Waals surface area contributed by atoms with Crippen molar-refractivity contribution in [3.05, 3.63) is 47.7 Å². The maximum absolute atomic E-state index is 11.5. The van der Waals surface area contributed by atoms with Crippen molar-refractivity contribution in [3.8, 4) is 11.8 Å². The molecular formula is C16H18N4O2. The molecule has 0 atom stereocenters. The second-order valence-electron chi connectivity index (χ2n) is 4.64. The van der Waals surface area contributed by atoms with E-state index in [0.29, 0.717) is 24.3 Å². The van der Waals surface area contributed by atoms with Gasteiger partial charge < -0.3 is 15.8 Å². The van der Waals surface area contributed by atoms with Crippen LogP contribution in [-0.4, -0.2) is 22.4 Å². The number of aromatic nitrogens is 2. The molecule has 0 aliphatic rings. The predicted octanol–water partition coefficient (Wildman–Crippen LogP) is 1.67. The zero-order chi connectivity index (χ0) is 15.8. The van der Waals surface area contributed by atoms with Gasteiger partial charge in [0.25, 0.3) is 0 Å². The molecule has 0 saturated heterocycles. The fourth-order valence-electron chi connectivity index (χ4n) is 1.76. The summed E-state index contributed by atoms with van der Waals surface area (Å²) in [5.41, 5.74) is 7.31. The predicted molar refractivity (Wildman–Crippen MR) is 83.7 cm³/mol. The first-order chi connectivity index (χ1) is 10.6. The molecule has 0 bridgehead atoms. The number of alkyl carbamates (subject to hydrolysis) is 1. The standard InChI is InChI=1S/C16H18N4O2/c1-20-11-14(15(17)19-20)9-5-6-10-18-16(21)22-12-13-7-3-2-4-8-13/h2-4,7-8,11H,6,10,12H2,1H3,(H2,17,19)(H,18,21). The molecule has 1 aromatic heterocycles. The summed E-state index contributed by atoms with van der Waals surface area (Å²) in [6.07, 6.45) is 1.81. The summed E-state index contributed by atoms with van der Waals surface area (Å²) >= 11 is 0. The van der Waals surface area contributed by atoms with Crippen LogP contribution in [0.5, 0.6) is 0 Å². The van der Waals surface area contributed by atoms with E-state index < -0.39 is 6.09 Å². The number of carbonyl (C=O) groups excluding carboxylic acids is 1. The summed E-state index contributed by atoms with van der Waals surface area (Å²) in [4.78, 5) is 11.5. The van der Waals surface area contributed by atoms with Crippen LogP contribution < -0.4 is 11.1 Å². The number of amides is 1. The van der Waals surface area contributed by atoms with Gasteiger partial charge in [0.1, 0.15) is 6.61 Å². The van der Waals surface area contributed by atoms with E-state index in [0.717, 1.165) is 5.56 Å². The fraction of sp³-hybridized carbons (Fsp3) is 0.250. The summed E-state index contributed by atoms with van der Waals surface area (Å²) in [5, 5.41) is 6.64. The second kappa shape index (κ2) is 7.74. The van der Waals surface area contributed by atoms with Crippen molar-refractivity contribution in [1.82, 2.24) is 15.1 Å². The van der Waals surface area contributed by atoms with Gasteiger partial charge >= 0.3 is 6.09 Å². The largest absolute Gasteiger partial charge is 0.445 e. The number of rotatable bonds is 4. The molecule has 1 heterocycles. The summed E-state index contributed by atoms with van der Waals surface area (Å²) in [5.74, 6) is 6.25. The summed E-state index contributed by atoms with van der Waals surface area (Å²) < 4.78 is 6.69. The Kier molecular flexibility index (Phi) is 5.44. The number of aryl methyl sites for hydroxylation is 1. The zero-order valence-corrected chi connectivity index (χ0v) is 12.4. The molecule has 114 valence electrons. The van der Waals surface area contributed by atoms with Crippen LogP contribution in [0.1, 0.15) is 17.5 Å². The Labute approximate surface area is 129 Å². The number of carbonyl (C=O) groups is 1. The molecule has 0 aliphatic heterocycles. The number of anilines is 1. The van der Waals surface area contributed by atoms with Crippen LogP contribution in [0.2, 0.25) is 0 Å². The molecule has 0 saturated carbocycles. The molecule has 3 N–H and O–H groups in total. The minimum Gasteiger partial charge on any atom is -0.445 e. The molecule has 6 nitrogen and oxygen atoms in total. The number of hydrogen-bond acceptors (Lipinski definition) is 4. The molecule has 0 unspecified atom stereocenters. The molecule has 2 aromatic rings. The van der Waals surface area contributed by atoms with E-state index >= 15 is 0 Å². The van der Waals surface area contributed by atoms with Crippen LogP contribution in [-0.2, 0) is 18.4 Å². The zero-order valence-electron chi connectivity index (χ0n) is 12.4. The van der Waals surface area contributed by atoms with E-state index in [1.165, 1.54) is 0 Å². The van der Waals surface area contributed by atoms with Gasteiger partial charge in [-0.25, -0.2) is 4.79 Å². The number of benzene rings is 1. The molecule has 0 fully saturated rings. The number of nitrogens with one attached hydrogen (secondary N) is 1. The molecule has 6 heteroatoms. The lowest BCUT2D eigenvalue weighted by Crippen LogP contribution is -2.24. The smallest absolute Gasteiger partial charge is 0.407 e. The number of nitrogen functional groups attached to an aromatic ring is 1. The van der Waals surface area contributed by atoms with Gasteiger partial charge in [0, 0.05) is 26.2 Å². The Hall–Kier alpha value is -2.94. The van der Waals surface area contributed by atoms with E-state index in [1.54, 1.807) is 17.9 Å². The van der Waals surface area contributed by atoms with Crippen molar-refractivity contribution in [1.29, 1.82) is 0 Å². The van der Waals surface area contributed by atoms with Crippen LogP contribution in [0.25, 0.3) is 0 Å². The molecule has 1 amide bonds. The lowest BCUT2D eigenvalue weighted by atomic mass is 10.2. The Morgan fingerprint density at radius 3 is 2.86 bits per heavy atom. The summed E-state index contributed by atoms with van der Waals surface area (Å²) in [6, 6.07) is 9.51. The maximum Gasteiger partial charge on any atom is 0.407 e. The Bertz CT molecular complexity index is 683. The minimum absolute atomic E-state index is 0.255. The van der Waals surface area contributed by atoms with Gasteiger partial charge in [-0.15, -0.1) is 0 Å². The Morgan fingerprint density at radius 2 is 2.18 bits per heavy atom. The Balaban J connectivity index is 1.66. The van der Waals surface area contributed by atoms with E-state index in [2.05, 4.69) is 22.3 Å². The molecule has 22 heavy (non-hydrogen) atoms. The van der Waals surface area contributed by atoms with Crippen molar-refractivity contribution in [2.24, 2.45) is 7.05 Å². The van der Waals surface area contributed by atoms with E-state index in [4.69, 9.17) is 10.5 Å². The lowest BCUT2D eigenvalue weighted by molar-refractivity contribution is 0.140. The maximum atomic E-state index is 11.5. The van der Waals surface area contributed by atoms with Crippen LogP contribution in [0.3, 0.4) is 0 Å². The average molecular weight is 298 g/mol. The lowest BCUT2D eigenvalue weighted by Gasteiger charge is -2.05. The highest BCUT2D eigenvalue weighted by Crippen LogP contribution is 2.05. The molecular weight excluding hydrogens is 280 g/mol. The number of nitrogens with zero attached hydrogens (tertiary/aromatic N) is 2. The average Bonchev–Trinajstić information content (AvgIpc) is 2.84. The number of nitrogens with two attached hydrogens (primary N) is 1. The van der Waals surface area contributed by atoms with Crippen LogP contribution >= 0.6 is 0 Å². The van der Waals surface area contributed by atoms with E-state index in [-0.39, 0.29) is 6.61 Å². The van der Waals surface area contributed by atoms with Crippen molar-refractivity contribution < 1.29 is 9.53 Å². The van der Waals surface area contributed by atoms with Gasteiger partial charge in [-0.2, -0.15) is 5.10 Å². The van der Waals surface area contributed by atoms with Gasteiger partial charge in [0.15, 0.2) is 5.82 Å². The van der Waals surface area contributed by atoms with Gasteiger partial charge in [0.05, 0.1) is 5.56 Å². The third kappa shape index (κ3) is 4.87. The third-order valence-electron chi connectivity index (χ3n) is 2.81. The normalized spacial score (nSPS) is 9.68. The van der Waals surface area contributed by atoms with E-state index in [1.807, 2.05) is 30.3 Å². The number of ether oxygens (including phenoxy) is 1. The van der Waals surface area contributed by atoms with Crippen LogP contribution in [0, 0.1) is 11.8 Å². The Morgan fingerprint density at radius 1 is 1.41 bits per heavy atom. The highest BCUT2D eigenvalue weighted by atomic mass is 16.5. The topological polar surface area (TPSA) is 82.2 Å². The van der Waals surface area contributed by atoms with Crippen molar-refractivity contribution in [3.63, 3.8) is 0 Å². The molecule has 2 rings (SSSR count). The molecule has 0 radical (unpaired) electrons. The summed E-state index contributed by atoms with van der Waals surface area (Å²) in [6.45, 7) is 0.672.